The summed E-state index contributed by atoms with van der Waals surface area (Å²) in [6, 6.07) is 7.01. The largest absolute Gasteiger partial charge is 0.480 e. The van der Waals surface area contributed by atoms with Crippen LogP contribution < -0.4 is 10.3 Å². The molecule has 3 aromatic rings. The Morgan fingerprint density at radius 2 is 2.21 bits per heavy atom. The summed E-state index contributed by atoms with van der Waals surface area (Å²) in [5, 5.41) is 2.20. The molecule has 2 aromatic heterocycles. The lowest BCUT2D eigenvalue weighted by molar-refractivity contribution is -0.147. The van der Waals surface area contributed by atoms with E-state index in [9.17, 15) is 9.59 Å². The Morgan fingerprint density at radius 3 is 3.04 bits per heavy atom. The van der Waals surface area contributed by atoms with E-state index in [-0.39, 0.29) is 24.6 Å². The van der Waals surface area contributed by atoms with E-state index in [2.05, 4.69) is 9.97 Å². The number of carbonyl (C=O) groups excluding carboxylic acids is 1. The lowest BCUT2D eigenvalue weighted by Crippen LogP contribution is -2.17. The van der Waals surface area contributed by atoms with Gasteiger partial charge in [0.1, 0.15) is 22.9 Å². The van der Waals surface area contributed by atoms with E-state index in [4.69, 9.17) is 21.1 Å². The number of aromatic amines is 1. The maximum Gasteiger partial charge on any atom is 0.344 e. The van der Waals surface area contributed by atoms with Gasteiger partial charge in [-0.2, -0.15) is 0 Å². The molecule has 8 heteroatoms. The molecular formula is C16H13ClN2O4S. The van der Waals surface area contributed by atoms with Gasteiger partial charge in [-0.3, -0.25) is 4.79 Å². The van der Waals surface area contributed by atoms with Crippen LogP contribution in [0.1, 0.15) is 11.4 Å². The number of ether oxygens (including phenoxy) is 2. The van der Waals surface area contributed by atoms with Gasteiger partial charge >= 0.3 is 5.97 Å². The summed E-state index contributed by atoms with van der Waals surface area (Å²) in [6.07, 6.45) is 0. The first-order valence-corrected chi connectivity index (χ1v) is 8.29. The first-order valence-electron chi connectivity index (χ1n) is 7.04. The van der Waals surface area contributed by atoms with Crippen LogP contribution in [-0.2, 0) is 16.1 Å². The topological polar surface area (TPSA) is 81.3 Å². The number of aryl methyl sites for hydroxylation is 1. The second-order valence-electron chi connectivity index (χ2n) is 5.03. The lowest BCUT2D eigenvalue weighted by atomic mass is 10.2. The molecular weight excluding hydrogens is 352 g/mol. The number of H-pyrrole nitrogens is 1. The van der Waals surface area contributed by atoms with Crippen molar-refractivity contribution in [2.24, 2.45) is 0 Å². The molecule has 24 heavy (non-hydrogen) atoms. The first-order chi connectivity index (χ1) is 11.5. The zero-order valence-corrected chi connectivity index (χ0v) is 14.2. The van der Waals surface area contributed by atoms with Crippen molar-refractivity contribution in [1.82, 2.24) is 9.97 Å². The van der Waals surface area contributed by atoms with Gasteiger partial charge in [-0.1, -0.05) is 17.7 Å². The molecule has 0 radical (unpaired) electrons. The fraction of sp³-hybridized carbons (Fsp3) is 0.188. The summed E-state index contributed by atoms with van der Waals surface area (Å²) in [4.78, 5) is 30.4. The Hall–Kier alpha value is -2.38. The first kappa shape index (κ1) is 16.5. The Labute approximate surface area is 146 Å². The Morgan fingerprint density at radius 1 is 1.38 bits per heavy atom. The van der Waals surface area contributed by atoms with Gasteiger partial charge in [-0.25, -0.2) is 9.78 Å². The minimum Gasteiger partial charge on any atom is -0.480 e. The molecule has 0 aliphatic rings. The normalized spacial score (nSPS) is 10.8. The van der Waals surface area contributed by atoms with Gasteiger partial charge in [0.2, 0.25) is 0 Å². The van der Waals surface area contributed by atoms with E-state index in [1.165, 1.54) is 11.3 Å². The number of rotatable bonds is 5. The monoisotopic (exact) mass is 364 g/mol. The predicted molar refractivity (Wildman–Crippen MR) is 91.7 cm³/mol. The number of nitrogens with one attached hydrogen (secondary N) is 1. The highest BCUT2D eigenvalue weighted by atomic mass is 35.5. The van der Waals surface area contributed by atoms with Crippen molar-refractivity contribution < 1.29 is 14.3 Å². The van der Waals surface area contributed by atoms with E-state index >= 15 is 0 Å². The average molecular weight is 365 g/mol. The van der Waals surface area contributed by atoms with Gasteiger partial charge in [0.25, 0.3) is 5.56 Å². The lowest BCUT2D eigenvalue weighted by Gasteiger charge is -2.09. The van der Waals surface area contributed by atoms with Crippen molar-refractivity contribution in [3.8, 4) is 5.75 Å². The molecule has 0 aliphatic carbocycles. The van der Waals surface area contributed by atoms with E-state index in [0.29, 0.717) is 21.0 Å². The van der Waals surface area contributed by atoms with Crippen molar-refractivity contribution in [2.45, 2.75) is 13.5 Å². The van der Waals surface area contributed by atoms with Crippen molar-refractivity contribution in [1.29, 1.82) is 0 Å². The summed E-state index contributed by atoms with van der Waals surface area (Å²) in [7, 11) is 0. The zero-order valence-electron chi connectivity index (χ0n) is 12.7. The Bertz CT molecular complexity index is 951. The maximum absolute atomic E-state index is 11.8. The molecule has 0 saturated carbocycles. The minimum absolute atomic E-state index is 0.134. The molecule has 124 valence electrons. The van der Waals surface area contributed by atoms with E-state index in [0.717, 1.165) is 5.56 Å². The van der Waals surface area contributed by atoms with Crippen LogP contribution in [0.3, 0.4) is 0 Å². The molecule has 0 amide bonds. The molecule has 1 aromatic carbocycles. The third-order valence-corrected chi connectivity index (χ3v) is 4.38. The van der Waals surface area contributed by atoms with Crippen molar-refractivity contribution in [2.75, 3.05) is 6.61 Å². The van der Waals surface area contributed by atoms with Gasteiger partial charge in [0.05, 0.1) is 10.5 Å². The number of fused-ring (bicyclic) bond motifs is 1. The minimum atomic E-state index is -0.583. The Balaban J connectivity index is 1.58. The van der Waals surface area contributed by atoms with Crippen LogP contribution in [0.15, 0.2) is 34.4 Å². The van der Waals surface area contributed by atoms with E-state index < -0.39 is 5.97 Å². The van der Waals surface area contributed by atoms with Crippen LogP contribution in [0, 0.1) is 6.92 Å². The summed E-state index contributed by atoms with van der Waals surface area (Å²) < 4.78 is 11.0. The average Bonchev–Trinajstić information content (AvgIpc) is 3.03. The number of aromatic nitrogens is 2. The summed E-state index contributed by atoms with van der Waals surface area (Å²) >= 11 is 7.30. The van der Waals surface area contributed by atoms with E-state index in [1.54, 1.807) is 23.6 Å². The molecule has 0 saturated heterocycles. The van der Waals surface area contributed by atoms with E-state index in [1.807, 2.05) is 13.0 Å². The van der Waals surface area contributed by atoms with Gasteiger partial charge in [-0.15, -0.1) is 11.3 Å². The Kier molecular flexibility index (Phi) is 4.82. The maximum atomic E-state index is 11.8. The van der Waals surface area contributed by atoms with Crippen molar-refractivity contribution >= 4 is 39.1 Å². The molecule has 2 heterocycles. The SMILES string of the molecule is Cc1ccc(Cl)c(OCC(=O)OCc2nc3ccsc3c(=O)[nH]2)c1. The van der Waals surface area contributed by atoms with Crippen LogP contribution >= 0.6 is 22.9 Å². The molecule has 0 aliphatic heterocycles. The van der Waals surface area contributed by atoms with Crippen molar-refractivity contribution in [3.63, 3.8) is 0 Å². The van der Waals surface area contributed by atoms with Crippen LogP contribution in [0.2, 0.25) is 5.02 Å². The molecule has 0 bridgehead atoms. The van der Waals surface area contributed by atoms with Gasteiger partial charge in [-0.05, 0) is 36.1 Å². The number of hydrogen-bond acceptors (Lipinski definition) is 6. The molecule has 6 nitrogen and oxygen atoms in total. The van der Waals surface area contributed by atoms with Crippen LogP contribution in [0.25, 0.3) is 10.2 Å². The van der Waals surface area contributed by atoms with Gasteiger partial charge < -0.3 is 14.5 Å². The number of esters is 1. The fourth-order valence-corrected chi connectivity index (χ4v) is 2.94. The third kappa shape index (κ3) is 3.74. The smallest absolute Gasteiger partial charge is 0.344 e. The van der Waals surface area contributed by atoms with Gasteiger partial charge in [0, 0.05) is 0 Å². The van der Waals surface area contributed by atoms with Crippen molar-refractivity contribution in [3.05, 3.63) is 56.4 Å². The van der Waals surface area contributed by atoms with Crippen LogP contribution in [0.4, 0.5) is 0 Å². The third-order valence-electron chi connectivity index (χ3n) is 3.17. The number of benzene rings is 1. The number of nitrogens with zero attached hydrogens (tertiary/aromatic N) is 1. The number of carbonyl (C=O) groups is 1. The number of thiophene rings is 1. The van der Waals surface area contributed by atoms with Gasteiger partial charge in [0.15, 0.2) is 6.61 Å². The summed E-state index contributed by atoms with van der Waals surface area (Å²) in [5.41, 5.74) is 1.30. The highest BCUT2D eigenvalue weighted by Crippen LogP contribution is 2.25. The summed E-state index contributed by atoms with van der Waals surface area (Å²) in [6.45, 7) is 1.48. The fourth-order valence-electron chi connectivity index (χ4n) is 2.04. The quantitative estimate of drug-likeness (QED) is 0.703. The molecule has 0 fully saturated rings. The number of hydrogen-bond donors (Lipinski definition) is 1. The second-order valence-corrected chi connectivity index (χ2v) is 6.35. The second kappa shape index (κ2) is 7.02. The molecule has 0 spiro atoms. The molecule has 0 unspecified atom stereocenters. The number of halogens is 1. The zero-order chi connectivity index (χ0) is 17.1. The standard InChI is InChI=1S/C16H13ClN2O4S/c1-9-2-3-10(17)12(6-9)22-8-14(20)23-7-13-18-11-4-5-24-15(11)16(21)19-13/h2-6H,7-8H2,1H3,(H,18,19,21). The molecule has 0 atom stereocenters. The molecule has 1 N–H and O–H groups in total. The highest BCUT2D eigenvalue weighted by molar-refractivity contribution is 7.17. The summed E-state index contributed by atoms with van der Waals surface area (Å²) in [5.74, 6) is 0.119. The van der Waals surface area contributed by atoms with Crippen LogP contribution in [-0.4, -0.2) is 22.5 Å². The molecule has 3 rings (SSSR count). The highest BCUT2D eigenvalue weighted by Gasteiger charge is 2.10. The predicted octanol–water partition coefficient (Wildman–Crippen LogP) is 3.07. The van der Waals surface area contributed by atoms with Crippen LogP contribution in [0.5, 0.6) is 5.75 Å².